The highest BCUT2D eigenvalue weighted by atomic mass is 35.5. The lowest BCUT2D eigenvalue weighted by atomic mass is 10.2. The number of nitrogens with one attached hydrogen (secondary N) is 1. The third-order valence-electron chi connectivity index (χ3n) is 2.51. The predicted molar refractivity (Wildman–Crippen MR) is 79.4 cm³/mol. The van der Waals surface area contributed by atoms with Gasteiger partial charge in [-0.1, -0.05) is 16.8 Å². The maximum Gasteiger partial charge on any atom is 0.407 e. The molecule has 2 aromatic rings. The number of amides is 1. The number of rotatable bonds is 3. The summed E-state index contributed by atoms with van der Waals surface area (Å²) < 4.78 is 20.2. The second-order valence-corrected chi connectivity index (χ2v) is 6.04. The van der Waals surface area contributed by atoms with Crippen molar-refractivity contribution in [3.8, 4) is 5.69 Å². The lowest BCUT2D eigenvalue weighted by Gasteiger charge is -2.19. The molecule has 0 radical (unpaired) electrons. The minimum absolute atomic E-state index is 0.129. The molecule has 1 aromatic carbocycles. The van der Waals surface area contributed by atoms with Gasteiger partial charge in [0.05, 0.1) is 12.7 Å². The summed E-state index contributed by atoms with van der Waals surface area (Å²) in [7, 11) is 0. The van der Waals surface area contributed by atoms with Crippen molar-refractivity contribution in [3.63, 3.8) is 0 Å². The Bertz CT molecular complexity index is 682. The van der Waals surface area contributed by atoms with Crippen LogP contribution in [0.15, 0.2) is 24.4 Å². The van der Waals surface area contributed by atoms with Crippen LogP contribution in [0.2, 0.25) is 5.02 Å². The number of nitrogens with zero attached hydrogens (tertiary/aromatic N) is 3. The summed E-state index contributed by atoms with van der Waals surface area (Å²) in [6.07, 6.45) is 0.962. The van der Waals surface area contributed by atoms with E-state index in [0.717, 1.165) is 0 Å². The van der Waals surface area contributed by atoms with E-state index >= 15 is 0 Å². The highest BCUT2D eigenvalue weighted by molar-refractivity contribution is 6.30. The summed E-state index contributed by atoms with van der Waals surface area (Å²) in [6, 6.07) is 4.24. The van der Waals surface area contributed by atoms with Crippen LogP contribution >= 0.6 is 11.6 Å². The number of carbonyl (C=O) groups excluding carboxylic acids is 1. The van der Waals surface area contributed by atoms with Crippen LogP contribution in [-0.4, -0.2) is 26.7 Å². The first kappa shape index (κ1) is 16.2. The Morgan fingerprint density at radius 3 is 2.82 bits per heavy atom. The van der Waals surface area contributed by atoms with Gasteiger partial charge in [-0.3, -0.25) is 0 Å². The van der Waals surface area contributed by atoms with Crippen molar-refractivity contribution in [2.75, 3.05) is 0 Å². The van der Waals surface area contributed by atoms with Crippen LogP contribution in [0.3, 0.4) is 0 Å². The van der Waals surface area contributed by atoms with Crippen molar-refractivity contribution < 1.29 is 13.9 Å². The number of alkyl carbamates (subject to hydrolysis) is 1. The van der Waals surface area contributed by atoms with Crippen LogP contribution in [0.25, 0.3) is 5.69 Å². The number of carbonyl (C=O) groups is 1. The second-order valence-electron chi connectivity index (χ2n) is 5.61. The van der Waals surface area contributed by atoms with Crippen molar-refractivity contribution in [2.24, 2.45) is 0 Å². The molecule has 1 heterocycles. The van der Waals surface area contributed by atoms with Gasteiger partial charge in [0.2, 0.25) is 0 Å². The highest BCUT2D eigenvalue weighted by Gasteiger charge is 2.16. The van der Waals surface area contributed by atoms with E-state index in [-0.39, 0.29) is 12.2 Å². The zero-order chi connectivity index (χ0) is 16.3. The average Bonchev–Trinajstić information content (AvgIpc) is 2.83. The molecule has 0 aliphatic rings. The number of hydrogen-bond acceptors (Lipinski definition) is 4. The van der Waals surface area contributed by atoms with Gasteiger partial charge in [-0.05, 0) is 39.0 Å². The van der Waals surface area contributed by atoms with Crippen LogP contribution in [0.1, 0.15) is 26.5 Å². The van der Waals surface area contributed by atoms with Crippen molar-refractivity contribution in [1.82, 2.24) is 20.3 Å². The summed E-state index contributed by atoms with van der Waals surface area (Å²) in [4.78, 5) is 11.5. The van der Waals surface area contributed by atoms with E-state index in [1.54, 1.807) is 26.8 Å². The van der Waals surface area contributed by atoms with Gasteiger partial charge in [0.1, 0.15) is 22.8 Å². The third kappa shape index (κ3) is 4.42. The van der Waals surface area contributed by atoms with E-state index in [4.69, 9.17) is 16.3 Å². The van der Waals surface area contributed by atoms with Crippen molar-refractivity contribution >= 4 is 17.7 Å². The standard InChI is InChI=1S/C14H16ClFN4O2/c1-14(2,3)22-13(21)17-7-10-8-20(19-18-10)12-5-4-9(15)6-11(12)16/h4-6,8H,7H2,1-3H3,(H,17,21). The summed E-state index contributed by atoms with van der Waals surface area (Å²) in [5.74, 6) is -0.510. The molecule has 1 N–H and O–H groups in total. The Hall–Kier alpha value is -2.15. The quantitative estimate of drug-likeness (QED) is 0.941. The van der Waals surface area contributed by atoms with Gasteiger partial charge in [-0.15, -0.1) is 5.10 Å². The van der Waals surface area contributed by atoms with Crippen molar-refractivity contribution in [3.05, 3.63) is 40.9 Å². The number of ether oxygens (including phenoxy) is 1. The van der Waals surface area contributed by atoms with E-state index in [9.17, 15) is 9.18 Å². The molecule has 0 aliphatic heterocycles. The maximum atomic E-state index is 13.8. The van der Waals surface area contributed by atoms with Gasteiger partial charge in [0.25, 0.3) is 0 Å². The van der Waals surface area contributed by atoms with Crippen LogP contribution in [0.4, 0.5) is 9.18 Å². The first-order chi connectivity index (χ1) is 10.2. The van der Waals surface area contributed by atoms with Crippen molar-refractivity contribution in [1.29, 1.82) is 0 Å². The topological polar surface area (TPSA) is 69.0 Å². The van der Waals surface area contributed by atoms with E-state index in [1.807, 2.05) is 0 Å². The summed E-state index contributed by atoms with van der Waals surface area (Å²) >= 11 is 5.70. The van der Waals surface area contributed by atoms with Crippen LogP contribution in [-0.2, 0) is 11.3 Å². The number of hydrogen-bond donors (Lipinski definition) is 1. The highest BCUT2D eigenvalue weighted by Crippen LogP contribution is 2.17. The fourth-order valence-electron chi connectivity index (χ4n) is 1.64. The van der Waals surface area contributed by atoms with Gasteiger partial charge in [-0.25, -0.2) is 13.9 Å². The first-order valence-electron chi connectivity index (χ1n) is 6.58. The van der Waals surface area contributed by atoms with Gasteiger partial charge in [-0.2, -0.15) is 0 Å². The second kappa shape index (κ2) is 6.31. The smallest absolute Gasteiger partial charge is 0.407 e. The molecule has 6 nitrogen and oxygen atoms in total. The molecule has 22 heavy (non-hydrogen) atoms. The lowest BCUT2D eigenvalue weighted by Crippen LogP contribution is -2.32. The fraction of sp³-hybridized carbons (Fsp3) is 0.357. The predicted octanol–water partition coefficient (Wildman–Crippen LogP) is 3.08. The molecule has 0 saturated heterocycles. The third-order valence-corrected chi connectivity index (χ3v) is 2.75. The lowest BCUT2D eigenvalue weighted by molar-refractivity contribution is 0.0523. The summed E-state index contributed by atoms with van der Waals surface area (Å²) in [6.45, 7) is 5.44. The van der Waals surface area contributed by atoms with E-state index < -0.39 is 17.5 Å². The molecule has 0 unspecified atom stereocenters. The molecule has 2 rings (SSSR count). The molecule has 0 saturated carbocycles. The minimum atomic E-state index is -0.575. The number of halogens is 2. The Morgan fingerprint density at radius 2 is 2.18 bits per heavy atom. The molecule has 1 aromatic heterocycles. The summed E-state index contributed by atoms with van der Waals surface area (Å²) in [5, 5.41) is 10.5. The van der Waals surface area contributed by atoms with Crippen LogP contribution < -0.4 is 5.32 Å². The zero-order valence-electron chi connectivity index (χ0n) is 12.4. The molecule has 118 valence electrons. The Kier molecular flexibility index (Phi) is 4.65. The molecule has 0 aliphatic carbocycles. The Labute approximate surface area is 132 Å². The van der Waals surface area contributed by atoms with Crippen molar-refractivity contribution in [2.45, 2.75) is 32.9 Å². The molecule has 0 bridgehead atoms. The Morgan fingerprint density at radius 1 is 1.45 bits per heavy atom. The normalized spacial score (nSPS) is 11.3. The molecular weight excluding hydrogens is 311 g/mol. The van der Waals surface area contributed by atoms with Crippen LogP contribution in [0.5, 0.6) is 0 Å². The maximum absolute atomic E-state index is 13.8. The van der Waals surface area contributed by atoms with Gasteiger partial charge in [0.15, 0.2) is 0 Å². The molecule has 0 spiro atoms. The fourth-order valence-corrected chi connectivity index (χ4v) is 1.80. The molecule has 0 fully saturated rings. The number of aromatic nitrogens is 3. The molecule has 8 heteroatoms. The SMILES string of the molecule is CC(C)(C)OC(=O)NCc1cn(-c2ccc(Cl)cc2F)nn1. The van der Waals surface area contributed by atoms with Crippen LogP contribution in [0, 0.1) is 5.82 Å². The van der Waals surface area contributed by atoms with E-state index in [1.165, 1.54) is 23.0 Å². The monoisotopic (exact) mass is 326 g/mol. The van der Waals surface area contributed by atoms with Gasteiger partial charge in [0, 0.05) is 5.02 Å². The van der Waals surface area contributed by atoms with Gasteiger partial charge >= 0.3 is 6.09 Å². The van der Waals surface area contributed by atoms with E-state index in [0.29, 0.717) is 10.7 Å². The molecular formula is C14H16ClFN4O2. The van der Waals surface area contributed by atoms with Gasteiger partial charge < -0.3 is 10.1 Å². The molecule has 0 atom stereocenters. The minimum Gasteiger partial charge on any atom is -0.444 e. The largest absolute Gasteiger partial charge is 0.444 e. The molecule has 1 amide bonds. The average molecular weight is 327 g/mol. The van der Waals surface area contributed by atoms with E-state index in [2.05, 4.69) is 15.6 Å². The Balaban J connectivity index is 2.01. The summed E-state index contributed by atoms with van der Waals surface area (Å²) in [5.41, 5.74) is 0.120. The zero-order valence-corrected chi connectivity index (χ0v) is 13.2. The first-order valence-corrected chi connectivity index (χ1v) is 6.96. The number of benzene rings is 1.